The number of nitrogens with one attached hydrogen (secondary N) is 1. The maximum absolute atomic E-state index is 13.2. The zero-order valence-electron chi connectivity index (χ0n) is 17.5. The van der Waals surface area contributed by atoms with Gasteiger partial charge < -0.3 is 11.2 Å². The molecule has 2 aromatic heterocycles. The quantitative estimate of drug-likeness (QED) is 0.626. The number of hydrogen-bond donors (Lipinski definition) is 2. The molecule has 0 bridgehead atoms. The van der Waals surface area contributed by atoms with Crippen molar-refractivity contribution < 1.29 is 8.42 Å². The minimum atomic E-state index is -3.78. The van der Waals surface area contributed by atoms with Crippen LogP contribution in [0.3, 0.4) is 0 Å². The maximum Gasteiger partial charge on any atom is 0.269 e. The summed E-state index contributed by atoms with van der Waals surface area (Å²) in [5.41, 5.74) is 12.0. The SMILES string of the molecule is Cc1ccc(S(=O)(=O)n2ccc3c(NN4CCCC(CC#N)CC4)c(N)cnc32)cc1. The molecule has 1 aliphatic heterocycles. The summed E-state index contributed by atoms with van der Waals surface area (Å²) in [6.07, 6.45) is 6.52. The highest BCUT2D eigenvalue weighted by Crippen LogP contribution is 2.32. The molecule has 1 unspecified atom stereocenters. The largest absolute Gasteiger partial charge is 0.396 e. The molecule has 4 rings (SSSR count). The van der Waals surface area contributed by atoms with Crippen molar-refractivity contribution in [1.82, 2.24) is 14.0 Å². The van der Waals surface area contributed by atoms with Gasteiger partial charge in [-0.1, -0.05) is 17.7 Å². The minimum Gasteiger partial charge on any atom is -0.396 e. The molecule has 0 aliphatic carbocycles. The molecule has 0 saturated carbocycles. The molecular formula is C22H26N6O2S. The highest BCUT2D eigenvalue weighted by Gasteiger charge is 2.23. The van der Waals surface area contributed by atoms with Gasteiger partial charge in [-0.25, -0.2) is 22.4 Å². The molecule has 162 valence electrons. The fourth-order valence-corrected chi connectivity index (χ4v) is 5.29. The number of nitrogens with two attached hydrogens (primary N) is 1. The normalized spacial score (nSPS) is 17.9. The number of pyridine rings is 1. The first-order chi connectivity index (χ1) is 14.9. The van der Waals surface area contributed by atoms with Crippen molar-refractivity contribution in [3.63, 3.8) is 0 Å². The number of benzene rings is 1. The second-order valence-electron chi connectivity index (χ2n) is 8.01. The molecule has 1 saturated heterocycles. The monoisotopic (exact) mass is 438 g/mol. The summed E-state index contributed by atoms with van der Waals surface area (Å²) in [7, 11) is -3.78. The Balaban J connectivity index is 1.66. The van der Waals surface area contributed by atoms with Crippen LogP contribution in [0.4, 0.5) is 11.4 Å². The van der Waals surface area contributed by atoms with Crippen LogP contribution in [0.25, 0.3) is 11.0 Å². The molecule has 9 heteroatoms. The van der Waals surface area contributed by atoms with Crippen molar-refractivity contribution in [2.45, 2.75) is 37.5 Å². The van der Waals surface area contributed by atoms with Crippen molar-refractivity contribution in [1.29, 1.82) is 5.26 Å². The predicted octanol–water partition coefficient (Wildman–Crippen LogP) is 3.51. The second kappa shape index (κ2) is 8.57. The van der Waals surface area contributed by atoms with Crippen molar-refractivity contribution >= 4 is 32.4 Å². The van der Waals surface area contributed by atoms with Crippen LogP contribution >= 0.6 is 0 Å². The van der Waals surface area contributed by atoms with E-state index in [1.807, 2.05) is 6.92 Å². The van der Waals surface area contributed by atoms with Crippen molar-refractivity contribution in [2.75, 3.05) is 24.2 Å². The van der Waals surface area contributed by atoms with Crippen LogP contribution in [-0.4, -0.2) is 35.5 Å². The van der Waals surface area contributed by atoms with E-state index in [-0.39, 0.29) is 4.90 Å². The Morgan fingerprint density at radius 1 is 1.23 bits per heavy atom. The number of aromatic nitrogens is 2. The summed E-state index contributed by atoms with van der Waals surface area (Å²) >= 11 is 0. The number of fused-ring (bicyclic) bond motifs is 1. The standard InChI is InChI=1S/C22H26N6O2S/c1-16-4-6-18(7-5-16)31(29,30)28-14-10-19-21(20(24)15-25-22(19)28)26-27-12-2-3-17(8-11-23)9-13-27/h4-7,10,14-15,17H,2-3,8-9,12-13,24H2,1H3,(H,25,26). The van der Waals surface area contributed by atoms with Gasteiger partial charge in [0.2, 0.25) is 0 Å². The molecule has 3 N–H and O–H groups in total. The predicted molar refractivity (Wildman–Crippen MR) is 121 cm³/mol. The number of hydrazine groups is 1. The smallest absolute Gasteiger partial charge is 0.269 e. The van der Waals surface area contributed by atoms with Gasteiger partial charge in [0.25, 0.3) is 10.0 Å². The van der Waals surface area contributed by atoms with Crippen LogP contribution in [0.15, 0.2) is 47.6 Å². The molecule has 31 heavy (non-hydrogen) atoms. The van der Waals surface area contributed by atoms with E-state index in [0.29, 0.717) is 34.7 Å². The number of rotatable bonds is 5. The van der Waals surface area contributed by atoms with Gasteiger partial charge in [0.1, 0.15) is 0 Å². The molecule has 3 aromatic rings. The first kappa shape index (κ1) is 21.2. The first-order valence-corrected chi connectivity index (χ1v) is 11.8. The van der Waals surface area contributed by atoms with Crippen LogP contribution in [0.5, 0.6) is 0 Å². The van der Waals surface area contributed by atoms with Gasteiger partial charge >= 0.3 is 0 Å². The lowest BCUT2D eigenvalue weighted by molar-refractivity contribution is 0.337. The fraction of sp³-hybridized carbons (Fsp3) is 0.364. The van der Waals surface area contributed by atoms with Crippen LogP contribution in [0.1, 0.15) is 31.2 Å². The Labute approximate surface area is 182 Å². The van der Waals surface area contributed by atoms with Gasteiger partial charge in [0.05, 0.1) is 28.5 Å². The zero-order chi connectivity index (χ0) is 22.0. The summed E-state index contributed by atoms with van der Waals surface area (Å²) in [6.45, 7) is 3.53. The van der Waals surface area contributed by atoms with E-state index in [1.54, 1.807) is 30.3 Å². The van der Waals surface area contributed by atoms with Gasteiger partial charge in [0, 0.05) is 31.1 Å². The van der Waals surface area contributed by atoms with Gasteiger partial charge in [-0.3, -0.25) is 0 Å². The Morgan fingerprint density at radius 3 is 2.74 bits per heavy atom. The summed E-state index contributed by atoms with van der Waals surface area (Å²) in [4.78, 5) is 4.53. The van der Waals surface area contributed by atoms with Crippen LogP contribution < -0.4 is 11.2 Å². The second-order valence-corrected chi connectivity index (χ2v) is 9.83. The Bertz CT molecular complexity index is 1230. The van der Waals surface area contributed by atoms with Crippen molar-refractivity contribution in [3.05, 3.63) is 48.3 Å². The topological polar surface area (TPSA) is 117 Å². The number of hydrogen-bond acceptors (Lipinski definition) is 7. The van der Waals surface area contributed by atoms with Crippen molar-refractivity contribution in [3.8, 4) is 6.07 Å². The van der Waals surface area contributed by atoms with Crippen LogP contribution in [0.2, 0.25) is 0 Å². The lowest BCUT2D eigenvalue weighted by atomic mass is 9.98. The minimum absolute atomic E-state index is 0.208. The summed E-state index contributed by atoms with van der Waals surface area (Å²) in [5.74, 6) is 0.410. The lowest BCUT2D eigenvalue weighted by Crippen LogP contribution is -2.31. The Hall–Kier alpha value is -3.09. The van der Waals surface area contributed by atoms with E-state index in [2.05, 4.69) is 21.5 Å². The van der Waals surface area contributed by atoms with E-state index >= 15 is 0 Å². The van der Waals surface area contributed by atoms with E-state index < -0.39 is 10.0 Å². The average molecular weight is 439 g/mol. The number of aryl methyl sites for hydroxylation is 1. The fourth-order valence-electron chi connectivity index (χ4n) is 3.99. The maximum atomic E-state index is 13.2. The Kier molecular flexibility index (Phi) is 5.85. The lowest BCUT2D eigenvalue weighted by Gasteiger charge is -2.24. The highest BCUT2D eigenvalue weighted by atomic mass is 32.2. The molecule has 0 radical (unpaired) electrons. The molecule has 1 atom stereocenters. The van der Waals surface area contributed by atoms with Crippen molar-refractivity contribution in [2.24, 2.45) is 5.92 Å². The first-order valence-electron chi connectivity index (χ1n) is 10.4. The third-order valence-corrected chi connectivity index (χ3v) is 7.47. The molecular weight excluding hydrogens is 412 g/mol. The summed E-state index contributed by atoms with van der Waals surface area (Å²) in [6, 6.07) is 10.7. The molecule has 0 amide bonds. The summed E-state index contributed by atoms with van der Waals surface area (Å²) < 4.78 is 27.6. The third-order valence-electron chi connectivity index (χ3n) is 5.79. The van der Waals surface area contributed by atoms with E-state index in [0.717, 1.165) is 37.9 Å². The summed E-state index contributed by atoms with van der Waals surface area (Å²) in [5, 5.41) is 11.7. The number of nitriles is 1. The van der Waals surface area contributed by atoms with Gasteiger partial charge in [-0.15, -0.1) is 0 Å². The van der Waals surface area contributed by atoms with Gasteiger partial charge in [0.15, 0.2) is 5.65 Å². The molecule has 8 nitrogen and oxygen atoms in total. The van der Waals surface area contributed by atoms with E-state index in [1.165, 1.54) is 16.4 Å². The van der Waals surface area contributed by atoms with Gasteiger partial charge in [-0.2, -0.15) is 5.26 Å². The number of nitrogens with zero attached hydrogens (tertiary/aromatic N) is 4. The zero-order valence-corrected chi connectivity index (χ0v) is 18.3. The number of anilines is 2. The third kappa shape index (κ3) is 4.22. The molecule has 1 fully saturated rings. The average Bonchev–Trinajstić information content (AvgIpc) is 3.07. The molecule has 1 aliphatic rings. The van der Waals surface area contributed by atoms with E-state index in [9.17, 15) is 8.42 Å². The molecule has 0 spiro atoms. The number of nitrogen functional groups attached to an aromatic ring is 1. The molecule has 3 heterocycles. The highest BCUT2D eigenvalue weighted by molar-refractivity contribution is 7.90. The Morgan fingerprint density at radius 2 is 2.00 bits per heavy atom. The molecule has 1 aromatic carbocycles. The van der Waals surface area contributed by atoms with Crippen LogP contribution in [0, 0.1) is 24.2 Å². The van der Waals surface area contributed by atoms with E-state index in [4.69, 9.17) is 11.0 Å². The van der Waals surface area contributed by atoms with Crippen LogP contribution in [-0.2, 0) is 10.0 Å². The van der Waals surface area contributed by atoms with Gasteiger partial charge in [-0.05, 0) is 50.3 Å².